The third-order valence-electron chi connectivity index (χ3n) is 2.56. The molecule has 0 unspecified atom stereocenters. The van der Waals surface area contributed by atoms with Gasteiger partial charge in [0.15, 0.2) is 11.5 Å². The molecule has 5 nitrogen and oxygen atoms in total. The smallest absolute Gasteiger partial charge is 0.281 e. The summed E-state index contributed by atoms with van der Waals surface area (Å²) in [5, 5.41) is 12.2. The van der Waals surface area contributed by atoms with Gasteiger partial charge in [-0.1, -0.05) is 18.2 Å². The molecule has 17 heavy (non-hydrogen) atoms. The van der Waals surface area contributed by atoms with Gasteiger partial charge in [-0.15, -0.1) is 0 Å². The molecule has 0 amide bonds. The van der Waals surface area contributed by atoms with Gasteiger partial charge in [0.2, 0.25) is 0 Å². The molecule has 5 heteroatoms. The molecular formula is C12H11NO4. The molecule has 0 aliphatic heterocycles. The summed E-state index contributed by atoms with van der Waals surface area (Å²) in [6.07, 6.45) is 0. The highest BCUT2D eigenvalue weighted by molar-refractivity contribution is 5.97. The number of fused-ring (bicyclic) bond motifs is 1. The van der Waals surface area contributed by atoms with E-state index < -0.39 is 4.92 Å². The number of hydrogen-bond acceptors (Lipinski definition) is 4. The average molecular weight is 233 g/mol. The second-order valence-corrected chi connectivity index (χ2v) is 3.43. The number of benzene rings is 2. The van der Waals surface area contributed by atoms with Crippen LogP contribution in [0, 0.1) is 10.1 Å². The molecule has 0 spiro atoms. The molecule has 0 aliphatic carbocycles. The van der Waals surface area contributed by atoms with Gasteiger partial charge in [0.25, 0.3) is 5.69 Å². The summed E-state index contributed by atoms with van der Waals surface area (Å²) in [4.78, 5) is 10.6. The first-order chi connectivity index (χ1) is 8.19. The van der Waals surface area contributed by atoms with Crippen molar-refractivity contribution in [3.05, 3.63) is 40.4 Å². The maximum absolute atomic E-state index is 11.0. The highest BCUT2D eigenvalue weighted by atomic mass is 16.6. The SMILES string of the molecule is COc1cc([N+](=O)[O-])c2ccccc2c1OC. The fourth-order valence-electron chi connectivity index (χ4n) is 1.82. The molecule has 0 saturated heterocycles. The van der Waals surface area contributed by atoms with Crippen molar-refractivity contribution in [3.8, 4) is 11.5 Å². The molecule has 0 saturated carbocycles. The predicted octanol–water partition coefficient (Wildman–Crippen LogP) is 2.77. The van der Waals surface area contributed by atoms with Gasteiger partial charge in [0.05, 0.1) is 30.6 Å². The van der Waals surface area contributed by atoms with Crippen LogP contribution in [0.1, 0.15) is 0 Å². The Morgan fingerprint density at radius 2 is 1.76 bits per heavy atom. The zero-order valence-corrected chi connectivity index (χ0v) is 9.47. The second-order valence-electron chi connectivity index (χ2n) is 3.43. The first kappa shape index (κ1) is 11.2. The van der Waals surface area contributed by atoms with Crippen LogP contribution in [0.5, 0.6) is 11.5 Å². The third kappa shape index (κ3) is 1.75. The van der Waals surface area contributed by atoms with Gasteiger partial charge >= 0.3 is 0 Å². The lowest BCUT2D eigenvalue weighted by Crippen LogP contribution is -1.96. The van der Waals surface area contributed by atoms with Crippen LogP contribution in [0.15, 0.2) is 30.3 Å². The highest BCUT2D eigenvalue weighted by Crippen LogP contribution is 2.40. The summed E-state index contributed by atoms with van der Waals surface area (Å²) >= 11 is 0. The fourth-order valence-corrected chi connectivity index (χ4v) is 1.82. The Morgan fingerprint density at radius 3 is 2.29 bits per heavy atom. The van der Waals surface area contributed by atoms with E-state index in [1.807, 2.05) is 0 Å². The minimum absolute atomic E-state index is 0.0123. The Balaban J connectivity index is 2.89. The van der Waals surface area contributed by atoms with Crippen molar-refractivity contribution < 1.29 is 14.4 Å². The number of nitro groups is 1. The minimum Gasteiger partial charge on any atom is -0.493 e. The summed E-state index contributed by atoms with van der Waals surface area (Å²) < 4.78 is 10.3. The quantitative estimate of drug-likeness (QED) is 0.604. The molecule has 0 atom stereocenters. The van der Waals surface area contributed by atoms with Crippen molar-refractivity contribution in [1.29, 1.82) is 0 Å². The number of hydrogen-bond donors (Lipinski definition) is 0. The summed E-state index contributed by atoms with van der Waals surface area (Å²) in [5.41, 5.74) is 0.0123. The lowest BCUT2D eigenvalue weighted by Gasteiger charge is -2.10. The van der Waals surface area contributed by atoms with E-state index in [4.69, 9.17) is 9.47 Å². The number of rotatable bonds is 3. The third-order valence-corrected chi connectivity index (χ3v) is 2.56. The molecule has 0 aliphatic rings. The van der Waals surface area contributed by atoms with Gasteiger partial charge in [-0.05, 0) is 6.07 Å². The molecule has 0 bridgehead atoms. The summed E-state index contributed by atoms with van der Waals surface area (Å²) in [6.45, 7) is 0. The second kappa shape index (κ2) is 4.29. The Labute approximate surface area is 97.7 Å². The zero-order valence-electron chi connectivity index (χ0n) is 9.47. The Morgan fingerprint density at radius 1 is 1.12 bits per heavy atom. The van der Waals surface area contributed by atoms with E-state index >= 15 is 0 Å². The Bertz CT molecular complexity index is 580. The van der Waals surface area contributed by atoms with E-state index in [1.54, 1.807) is 24.3 Å². The normalized spacial score (nSPS) is 10.2. The molecule has 2 aromatic carbocycles. The van der Waals surface area contributed by atoms with E-state index in [2.05, 4.69) is 0 Å². The highest BCUT2D eigenvalue weighted by Gasteiger charge is 2.19. The zero-order chi connectivity index (χ0) is 12.4. The minimum atomic E-state index is -0.426. The lowest BCUT2D eigenvalue weighted by atomic mass is 10.1. The lowest BCUT2D eigenvalue weighted by molar-refractivity contribution is -0.383. The molecular weight excluding hydrogens is 222 g/mol. The molecule has 0 radical (unpaired) electrons. The molecule has 2 aromatic rings. The molecule has 0 N–H and O–H groups in total. The maximum Gasteiger partial charge on any atom is 0.281 e. The van der Waals surface area contributed by atoms with Crippen molar-refractivity contribution in [2.45, 2.75) is 0 Å². The van der Waals surface area contributed by atoms with Gasteiger partial charge in [0.1, 0.15) is 0 Å². The fraction of sp³-hybridized carbons (Fsp3) is 0.167. The Hall–Kier alpha value is -2.30. The summed E-state index contributed by atoms with van der Waals surface area (Å²) in [5.74, 6) is 0.867. The predicted molar refractivity (Wildman–Crippen MR) is 63.7 cm³/mol. The molecule has 88 valence electrons. The van der Waals surface area contributed by atoms with Crippen LogP contribution in [0.4, 0.5) is 5.69 Å². The van der Waals surface area contributed by atoms with Crippen molar-refractivity contribution >= 4 is 16.5 Å². The molecule has 0 heterocycles. The van der Waals surface area contributed by atoms with Gasteiger partial charge in [-0.3, -0.25) is 10.1 Å². The summed E-state index contributed by atoms with van der Waals surface area (Å²) in [6, 6.07) is 8.38. The largest absolute Gasteiger partial charge is 0.493 e. The standard InChI is InChI=1S/C12H11NO4/c1-16-11-7-10(13(14)15)8-5-3-4-6-9(8)12(11)17-2/h3-7H,1-2H3. The van der Waals surface area contributed by atoms with E-state index in [1.165, 1.54) is 20.3 Å². The van der Waals surface area contributed by atoms with Crippen molar-refractivity contribution in [2.75, 3.05) is 14.2 Å². The van der Waals surface area contributed by atoms with Crippen molar-refractivity contribution in [2.24, 2.45) is 0 Å². The van der Waals surface area contributed by atoms with Gasteiger partial charge in [-0.25, -0.2) is 0 Å². The van der Waals surface area contributed by atoms with E-state index in [0.29, 0.717) is 22.3 Å². The van der Waals surface area contributed by atoms with Gasteiger partial charge in [0, 0.05) is 5.39 Å². The Kier molecular flexibility index (Phi) is 2.82. The van der Waals surface area contributed by atoms with Crippen LogP contribution < -0.4 is 9.47 Å². The molecule has 0 aromatic heterocycles. The van der Waals surface area contributed by atoms with E-state index in [0.717, 1.165) is 0 Å². The average Bonchev–Trinajstić information content (AvgIpc) is 2.36. The van der Waals surface area contributed by atoms with Crippen molar-refractivity contribution in [3.63, 3.8) is 0 Å². The number of ether oxygens (including phenoxy) is 2. The van der Waals surface area contributed by atoms with E-state index in [-0.39, 0.29) is 5.69 Å². The van der Waals surface area contributed by atoms with Crippen LogP contribution in [-0.2, 0) is 0 Å². The van der Waals surface area contributed by atoms with Crippen LogP contribution in [-0.4, -0.2) is 19.1 Å². The summed E-state index contributed by atoms with van der Waals surface area (Å²) in [7, 11) is 2.96. The number of non-ortho nitro benzene ring substituents is 1. The number of nitro benzene ring substituents is 1. The first-order valence-corrected chi connectivity index (χ1v) is 4.97. The molecule has 2 rings (SSSR count). The monoisotopic (exact) mass is 233 g/mol. The van der Waals surface area contributed by atoms with E-state index in [9.17, 15) is 10.1 Å². The number of methoxy groups -OCH3 is 2. The van der Waals surface area contributed by atoms with Gasteiger partial charge < -0.3 is 9.47 Å². The van der Waals surface area contributed by atoms with Gasteiger partial charge in [-0.2, -0.15) is 0 Å². The number of nitrogens with zero attached hydrogens (tertiary/aromatic N) is 1. The topological polar surface area (TPSA) is 61.6 Å². The first-order valence-electron chi connectivity index (χ1n) is 4.97. The van der Waals surface area contributed by atoms with Crippen LogP contribution in [0.2, 0.25) is 0 Å². The van der Waals surface area contributed by atoms with Crippen LogP contribution in [0.3, 0.4) is 0 Å². The van der Waals surface area contributed by atoms with Crippen molar-refractivity contribution in [1.82, 2.24) is 0 Å². The molecule has 0 fully saturated rings. The van der Waals surface area contributed by atoms with Crippen LogP contribution in [0.25, 0.3) is 10.8 Å². The van der Waals surface area contributed by atoms with Crippen LogP contribution >= 0.6 is 0 Å². The maximum atomic E-state index is 11.0.